The van der Waals surface area contributed by atoms with Gasteiger partial charge < -0.3 is 10.4 Å². The second kappa shape index (κ2) is 15.2. The fraction of sp³-hybridized carbons (Fsp3) is 0.447. The van der Waals surface area contributed by atoms with Gasteiger partial charge in [0.25, 0.3) is 0 Å². The van der Waals surface area contributed by atoms with Crippen molar-refractivity contribution in [2.75, 3.05) is 11.4 Å². The predicted molar refractivity (Wildman–Crippen MR) is 184 cm³/mol. The molecule has 0 atom stereocenters. The number of carbonyl (C=O) groups excluding carboxylic acids is 1. The van der Waals surface area contributed by atoms with Gasteiger partial charge in [0, 0.05) is 30.4 Å². The van der Waals surface area contributed by atoms with E-state index in [4.69, 9.17) is 4.98 Å². The molecule has 1 heterocycles. The number of unbranched alkanes of at least 4 members (excludes halogenated alkanes) is 4. The highest BCUT2D eigenvalue weighted by Gasteiger charge is 2.28. The summed E-state index contributed by atoms with van der Waals surface area (Å²) in [5.41, 5.74) is 6.68. The van der Waals surface area contributed by atoms with Crippen molar-refractivity contribution in [3.05, 3.63) is 77.6 Å². The van der Waals surface area contributed by atoms with E-state index in [1.807, 2.05) is 30.0 Å². The van der Waals surface area contributed by atoms with E-state index in [9.17, 15) is 14.7 Å². The topological polar surface area (TPSA) is 87.5 Å². The number of anilines is 1. The first kappa shape index (κ1) is 32.3. The molecule has 2 amide bonds. The summed E-state index contributed by atoms with van der Waals surface area (Å²) >= 11 is 0. The maximum absolute atomic E-state index is 13.8. The molecule has 5 rings (SSSR count). The smallest absolute Gasteiger partial charge is 0.336 e. The number of aryl methyl sites for hydroxylation is 2. The highest BCUT2D eigenvalue weighted by atomic mass is 16.4. The Balaban J connectivity index is 1.56. The average Bonchev–Trinajstić information content (AvgIpc) is 3.42. The first-order chi connectivity index (χ1) is 21.9. The van der Waals surface area contributed by atoms with Crippen LogP contribution in [-0.4, -0.2) is 39.2 Å². The summed E-state index contributed by atoms with van der Waals surface area (Å²) in [5, 5.41) is 13.0. The van der Waals surface area contributed by atoms with Crippen molar-refractivity contribution in [2.45, 2.75) is 104 Å². The Morgan fingerprint density at radius 2 is 1.69 bits per heavy atom. The first-order valence-corrected chi connectivity index (χ1v) is 16.9. The van der Waals surface area contributed by atoms with Gasteiger partial charge in [0.1, 0.15) is 5.82 Å². The largest absolute Gasteiger partial charge is 0.478 e. The van der Waals surface area contributed by atoms with E-state index in [0.29, 0.717) is 17.7 Å². The molecule has 238 valence electrons. The number of imidazole rings is 1. The number of rotatable bonds is 13. The Labute approximate surface area is 267 Å². The number of urea groups is 1. The van der Waals surface area contributed by atoms with E-state index in [-0.39, 0.29) is 12.1 Å². The minimum absolute atomic E-state index is 0.00712. The summed E-state index contributed by atoms with van der Waals surface area (Å²) in [4.78, 5) is 32.8. The predicted octanol–water partition coefficient (Wildman–Crippen LogP) is 9.47. The SMILES string of the molecule is CCCCCCNC(=O)N(c1ccc2nc(CCCC)n(-c3ccc(-c4ccccc4C(=O)O)c(C)c3)c2c1)C1CCCCC1. The zero-order valence-electron chi connectivity index (χ0n) is 27.1. The summed E-state index contributed by atoms with van der Waals surface area (Å²) in [7, 11) is 0. The molecule has 0 radical (unpaired) electrons. The lowest BCUT2D eigenvalue weighted by molar-refractivity contribution is 0.0697. The Hall–Kier alpha value is -4.13. The number of carbonyl (C=O) groups is 2. The fourth-order valence-electron chi connectivity index (χ4n) is 6.71. The van der Waals surface area contributed by atoms with Crippen molar-refractivity contribution >= 4 is 28.7 Å². The number of nitrogens with one attached hydrogen (secondary N) is 1. The molecule has 0 saturated heterocycles. The van der Waals surface area contributed by atoms with Crippen LogP contribution in [-0.2, 0) is 6.42 Å². The van der Waals surface area contributed by atoms with Gasteiger partial charge in [0.2, 0.25) is 0 Å². The molecule has 1 aliphatic rings. The van der Waals surface area contributed by atoms with Gasteiger partial charge in [-0.25, -0.2) is 14.6 Å². The van der Waals surface area contributed by atoms with E-state index in [2.05, 4.69) is 54.1 Å². The molecule has 7 heteroatoms. The highest BCUT2D eigenvalue weighted by molar-refractivity contribution is 5.97. The van der Waals surface area contributed by atoms with E-state index >= 15 is 0 Å². The zero-order valence-corrected chi connectivity index (χ0v) is 27.1. The number of hydrogen-bond acceptors (Lipinski definition) is 3. The lowest BCUT2D eigenvalue weighted by Gasteiger charge is -2.34. The quantitative estimate of drug-likeness (QED) is 0.148. The van der Waals surface area contributed by atoms with Gasteiger partial charge >= 0.3 is 12.0 Å². The molecule has 4 aromatic rings. The molecule has 1 aliphatic carbocycles. The van der Waals surface area contributed by atoms with Crippen LogP contribution in [0.2, 0.25) is 0 Å². The minimum atomic E-state index is -0.934. The number of aromatic nitrogens is 2. The van der Waals surface area contributed by atoms with Crippen LogP contribution in [0.25, 0.3) is 27.8 Å². The number of aromatic carboxylic acids is 1. The summed E-state index contributed by atoms with van der Waals surface area (Å²) in [6.07, 6.45) is 13.0. The molecule has 0 spiro atoms. The number of nitrogens with zero attached hydrogens (tertiary/aromatic N) is 3. The second-order valence-electron chi connectivity index (χ2n) is 12.4. The lowest BCUT2D eigenvalue weighted by atomic mass is 9.94. The summed E-state index contributed by atoms with van der Waals surface area (Å²) in [6, 6.07) is 19.8. The maximum Gasteiger partial charge on any atom is 0.336 e. The maximum atomic E-state index is 13.8. The van der Waals surface area contributed by atoms with Gasteiger partial charge in [-0.15, -0.1) is 0 Å². The van der Waals surface area contributed by atoms with Crippen LogP contribution in [0.5, 0.6) is 0 Å². The van der Waals surface area contributed by atoms with Crippen molar-refractivity contribution in [3.63, 3.8) is 0 Å². The van der Waals surface area contributed by atoms with Gasteiger partial charge in [0.05, 0.1) is 16.6 Å². The number of amides is 2. The monoisotopic (exact) mass is 608 g/mol. The van der Waals surface area contributed by atoms with Gasteiger partial charge in [-0.2, -0.15) is 0 Å². The van der Waals surface area contributed by atoms with E-state index < -0.39 is 5.97 Å². The number of carboxylic acid groups (broad SMARTS) is 1. The third-order valence-electron chi connectivity index (χ3n) is 9.12. The molecule has 0 bridgehead atoms. The Kier molecular flexibility index (Phi) is 10.9. The Morgan fingerprint density at radius 3 is 2.42 bits per heavy atom. The van der Waals surface area contributed by atoms with E-state index in [0.717, 1.165) is 97.1 Å². The number of hydrogen-bond donors (Lipinski definition) is 2. The molecule has 2 N–H and O–H groups in total. The molecular formula is C38H48N4O3. The Morgan fingerprint density at radius 1 is 0.911 bits per heavy atom. The van der Waals surface area contributed by atoms with E-state index in [1.54, 1.807) is 12.1 Å². The number of carboxylic acids is 1. The molecule has 1 fully saturated rings. The van der Waals surface area contributed by atoms with Gasteiger partial charge in [-0.3, -0.25) is 9.47 Å². The van der Waals surface area contributed by atoms with Crippen molar-refractivity contribution in [2.24, 2.45) is 0 Å². The number of benzene rings is 3. The number of fused-ring (bicyclic) bond motifs is 1. The van der Waals surface area contributed by atoms with Crippen molar-refractivity contribution in [1.82, 2.24) is 14.9 Å². The van der Waals surface area contributed by atoms with Crippen LogP contribution in [0.3, 0.4) is 0 Å². The van der Waals surface area contributed by atoms with Crippen LogP contribution >= 0.6 is 0 Å². The summed E-state index contributed by atoms with van der Waals surface area (Å²) in [5.74, 6) is 0.0586. The molecule has 7 nitrogen and oxygen atoms in total. The lowest BCUT2D eigenvalue weighted by Crippen LogP contribution is -2.47. The molecule has 3 aromatic carbocycles. The van der Waals surface area contributed by atoms with Crippen LogP contribution < -0.4 is 10.2 Å². The third-order valence-corrected chi connectivity index (χ3v) is 9.12. The van der Waals surface area contributed by atoms with Crippen LogP contribution in [0.1, 0.15) is 106 Å². The highest BCUT2D eigenvalue weighted by Crippen LogP contribution is 2.34. The van der Waals surface area contributed by atoms with E-state index in [1.165, 1.54) is 19.3 Å². The van der Waals surface area contributed by atoms with Crippen LogP contribution in [0.15, 0.2) is 60.7 Å². The molecule has 0 aliphatic heterocycles. The summed E-state index contributed by atoms with van der Waals surface area (Å²) in [6.45, 7) is 7.11. The normalized spacial score (nSPS) is 13.7. The van der Waals surface area contributed by atoms with Crippen LogP contribution in [0.4, 0.5) is 10.5 Å². The average molecular weight is 609 g/mol. The van der Waals surface area contributed by atoms with Gasteiger partial charge in [-0.05, 0) is 85.7 Å². The first-order valence-electron chi connectivity index (χ1n) is 16.9. The van der Waals surface area contributed by atoms with Crippen molar-refractivity contribution < 1.29 is 14.7 Å². The molecule has 1 saturated carbocycles. The van der Waals surface area contributed by atoms with Crippen molar-refractivity contribution in [3.8, 4) is 16.8 Å². The van der Waals surface area contributed by atoms with Crippen LogP contribution in [0, 0.1) is 6.92 Å². The van der Waals surface area contributed by atoms with Gasteiger partial charge in [0.15, 0.2) is 0 Å². The zero-order chi connectivity index (χ0) is 31.8. The van der Waals surface area contributed by atoms with Gasteiger partial charge in [-0.1, -0.05) is 83.1 Å². The molecule has 45 heavy (non-hydrogen) atoms. The molecular weight excluding hydrogens is 560 g/mol. The Bertz CT molecular complexity index is 1620. The third kappa shape index (κ3) is 7.41. The minimum Gasteiger partial charge on any atom is -0.478 e. The standard InChI is InChI=1S/C38H48N4O3/c1-4-6-8-14-24-39-38(45)41(28-15-10-9-11-16-28)30-21-23-34-35(26-30)42(36(40-34)19-7-5-2)29-20-22-31(27(3)25-29)32-17-12-13-18-33(32)37(43)44/h12-13,17-18,20-23,25-26,28H,4-11,14-16,19,24H2,1-3H3,(H,39,45)(H,43,44). The summed E-state index contributed by atoms with van der Waals surface area (Å²) < 4.78 is 2.23. The van der Waals surface area contributed by atoms with Crippen molar-refractivity contribution in [1.29, 1.82) is 0 Å². The molecule has 1 aromatic heterocycles. The second-order valence-corrected chi connectivity index (χ2v) is 12.4. The molecule has 0 unspecified atom stereocenters. The fourth-order valence-corrected chi connectivity index (χ4v) is 6.71.